The Morgan fingerprint density at radius 1 is 1.21 bits per heavy atom. The Kier molecular flexibility index (Phi) is 7.53. The number of hydrogen-bond acceptors (Lipinski definition) is 4. The fourth-order valence-electron chi connectivity index (χ4n) is 3.46. The number of benzene rings is 1. The zero-order chi connectivity index (χ0) is 21.4. The lowest BCUT2D eigenvalue weighted by molar-refractivity contribution is -0.122. The van der Waals surface area contributed by atoms with Crippen LogP contribution in [0.4, 0.5) is 4.79 Å². The van der Waals surface area contributed by atoms with E-state index in [2.05, 4.69) is 10.6 Å². The smallest absolute Gasteiger partial charge is 0.322 e. The molecule has 1 fully saturated rings. The Morgan fingerprint density at radius 3 is 2.62 bits per heavy atom. The molecular formula is C23H28N2O4. The number of phenols is 1. The average Bonchev–Trinajstić information content (AvgIpc) is 2.90. The molecule has 1 aromatic carbocycles. The molecule has 3 amide bonds. The predicted molar refractivity (Wildman–Crippen MR) is 113 cm³/mol. The van der Waals surface area contributed by atoms with E-state index in [4.69, 9.17) is 0 Å². The molecule has 1 saturated heterocycles. The van der Waals surface area contributed by atoms with Gasteiger partial charge in [0.1, 0.15) is 11.3 Å². The topological polar surface area (TPSA) is 95.5 Å². The Balaban J connectivity index is 0.00000145. The highest BCUT2D eigenvalue weighted by molar-refractivity contribution is 6.10. The van der Waals surface area contributed by atoms with Gasteiger partial charge in [-0.3, -0.25) is 14.9 Å². The van der Waals surface area contributed by atoms with E-state index in [0.717, 1.165) is 12.0 Å². The number of allylic oxidation sites excluding steroid dienone is 4. The molecule has 0 spiro atoms. The summed E-state index contributed by atoms with van der Waals surface area (Å²) in [6.45, 7) is 5.91. The Bertz CT molecular complexity index is 883. The molecule has 6 heteroatoms. The van der Waals surface area contributed by atoms with Gasteiger partial charge in [-0.15, -0.1) is 0 Å². The van der Waals surface area contributed by atoms with Crippen LogP contribution in [0.15, 0.2) is 54.2 Å². The van der Waals surface area contributed by atoms with Gasteiger partial charge in [-0.25, -0.2) is 4.79 Å². The van der Waals surface area contributed by atoms with Gasteiger partial charge >= 0.3 is 6.03 Å². The molecular weight excluding hydrogens is 368 g/mol. The summed E-state index contributed by atoms with van der Waals surface area (Å²) < 4.78 is 0. The lowest BCUT2D eigenvalue weighted by atomic mass is 9.83. The second kappa shape index (κ2) is 9.87. The standard InChI is InChI=1S/C21H22N2O4.C2H6/c1-2-14-13-16(24)9-10-17(14)18(25)11-12-21(19(26)22-20(27)23-21)15-7-5-3-4-6-8-15;1-2/h3,5-10,13,24H,2,4,11-12H2,1H3,(H2,22,23,26,27);1-2H3. The highest BCUT2D eigenvalue weighted by Gasteiger charge is 2.48. The van der Waals surface area contributed by atoms with Crippen LogP contribution in [-0.4, -0.2) is 28.4 Å². The molecule has 6 nitrogen and oxygen atoms in total. The molecule has 1 aromatic rings. The van der Waals surface area contributed by atoms with Crippen LogP contribution in [-0.2, 0) is 11.2 Å². The van der Waals surface area contributed by atoms with Crippen LogP contribution in [0.25, 0.3) is 0 Å². The van der Waals surface area contributed by atoms with E-state index in [0.29, 0.717) is 17.6 Å². The summed E-state index contributed by atoms with van der Waals surface area (Å²) in [5.41, 5.74) is 0.668. The van der Waals surface area contributed by atoms with Gasteiger partial charge in [0.15, 0.2) is 5.78 Å². The Morgan fingerprint density at radius 2 is 1.97 bits per heavy atom. The van der Waals surface area contributed by atoms with Gasteiger partial charge in [-0.2, -0.15) is 0 Å². The molecule has 0 bridgehead atoms. The number of imide groups is 1. The summed E-state index contributed by atoms with van der Waals surface area (Å²) >= 11 is 0. The third kappa shape index (κ3) is 4.83. The minimum absolute atomic E-state index is 0.0837. The van der Waals surface area contributed by atoms with E-state index < -0.39 is 17.5 Å². The van der Waals surface area contributed by atoms with Gasteiger partial charge in [0.25, 0.3) is 5.91 Å². The van der Waals surface area contributed by atoms with Crippen LogP contribution >= 0.6 is 0 Å². The average molecular weight is 396 g/mol. The number of amides is 3. The summed E-state index contributed by atoms with van der Waals surface area (Å²) in [6, 6.07) is 4.10. The number of urea groups is 1. The Labute approximate surface area is 171 Å². The summed E-state index contributed by atoms with van der Waals surface area (Å²) in [4.78, 5) is 37.2. The van der Waals surface area contributed by atoms with Gasteiger partial charge in [-0.1, -0.05) is 51.2 Å². The lowest BCUT2D eigenvalue weighted by Crippen LogP contribution is -2.48. The van der Waals surface area contributed by atoms with E-state index in [1.54, 1.807) is 18.2 Å². The molecule has 1 aliphatic heterocycles. The second-order valence-corrected chi connectivity index (χ2v) is 6.62. The zero-order valence-electron chi connectivity index (χ0n) is 17.1. The molecule has 1 atom stereocenters. The lowest BCUT2D eigenvalue weighted by Gasteiger charge is -2.27. The molecule has 1 aliphatic carbocycles. The van der Waals surface area contributed by atoms with Crippen molar-refractivity contribution in [3.05, 3.63) is 65.3 Å². The maximum atomic E-state index is 12.8. The summed E-state index contributed by atoms with van der Waals surface area (Å²) in [5.74, 6) is -0.468. The first kappa shape index (κ1) is 22.1. The van der Waals surface area contributed by atoms with Gasteiger partial charge in [0.2, 0.25) is 0 Å². The monoisotopic (exact) mass is 396 g/mol. The number of rotatable bonds is 6. The number of Topliss-reactive ketones (excluding diaryl/α,β-unsaturated/α-hetero) is 1. The van der Waals surface area contributed by atoms with E-state index in [-0.39, 0.29) is 24.4 Å². The molecule has 1 unspecified atom stereocenters. The van der Waals surface area contributed by atoms with Crippen molar-refractivity contribution in [2.24, 2.45) is 0 Å². The number of hydrogen-bond donors (Lipinski definition) is 3. The fourth-order valence-corrected chi connectivity index (χ4v) is 3.46. The molecule has 0 radical (unpaired) electrons. The minimum atomic E-state index is -1.26. The number of carbonyl (C=O) groups excluding carboxylic acids is 3. The van der Waals surface area contributed by atoms with E-state index in [1.165, 1.54) is 6.07 Å². The van der Waals surface area contributed by atoms with Crippen molar-refractivity contribution < 1.29 is 19.5 Å². The normalized spacial score (nSPS) is 20.2. The molecule has 29 heavy (non-hydrogen) atoms. The van der Waals surface area contributed by atoms with Crippen molar-refractivity contribution in [2.45, 2.75) is 52.0 Å². The summed E-state index contributed by atoms with van der Waals surface area (Å²) in [6.07, 6.45) is 10.9. The van der Waals surface area contributed by atoms with Gasteiger partial charge < -0.3 is 10.4 Å². The quantitative estimate of drug-likeness (QED) is 0.501. The van der Waals surface area contributed by atoms with Crippen LogP contribution in [0.5, 0.6) is 5.75 Å². The van der Waals surface area contributed by atoms with Gasteiger partial charge in [0, 0.05) is 12.0 Å². The number of aryl methyl sites for hydroxylation is 1. The minimum Gasteiger partial charge on any atom is -0.508 e. The molecule has 3 N–H and O–H groups in total. The third-order valence-electron chi connectivity index (χ3n) is 4.91. The van der Waals surface area contributed by atoms with Crippen molar-refractivity contribution in [1.29, 1.82) is 0 Å². The van der Waals surface area contributed by atoms with Crippen LogP contribution in [0.1, 0.15) is 56.0 Å². The van der Waals surface area contributed by atoms with Crippen LogP contribution in [0, 0.1) is 0 Å². The predicted octanol–water partition coefficient (Wildman–Crippen LogP) is 3.96. The zero-order valence-corrected chi connectivity index (χ0v) is 17.1. The maximum Gasteiger partial charge on any atom is 0.322 e. The Hall–Kier alpha value is -3.15. The first-order valence-corrected chi connectivity index (χ1v) is 9.99. The number of aromatic hydroxyl groups is 1. The maximum absolute atomic E-state index is 12.8. The van der Waals surface area contributed by atoms with Gasteiger partial charge in [-0.05, 0) is 48.6 Å². The van der Waals surface area contributed by atoms with Crippen molar-refractivity contribution >= 4 is 17.7 Å². The molecule has 3 rings (SSSR count). The molecule has 154 valence electrons. The molecule has 0 aromatic heterocycles. The fraction of sp³-hybridized carbons (Fsp3) is 0.348. The van der Waals surface area contributed by atoms with Gasteiger partial charge in [0.05, 0.1) is 0 Å². The number of carbonyl (C=O) groups is 3. The van der Waals surface area contributed by atoms with Crippen molar-refractivity contribution in [1.82, 2.24) is 10.6 Å². The van der Waals surface area contributed by atoms with Crippen molar-refractivity contribution in [3.63, 3.8) is 0 Å². The highest BCUT2D eigenvalue weighted by atomic mass is 16.3. The first-order valence-electron chi connectivity index (χ1n) is 9.99. The molecule has 1 heterocycles. The van der Waals surface area contributed by atoms with E-state index in [1.807, 2.05) is 45.1 Å². The van der Waals surface area contributed by atoms with Crippen molar-refractivity contribution in [3.8, 4) is 5.75 Å². The summed E-state index contributed by atoms with van der Waals surface area (Å²) in [7, 11) is 0. The first-order chi connectivity index (χ1) is 14.0. The van der Waals surface area contributed by atoms with Crippen molar-refractivity contribution in [2.75, 3.05) is 0 Å². The second-order valence-electron chi connectivity index (χ2n) is 6.62. The molecule has 2 aliphatic rings. The number of phenolic OH excluding ortho intramolecular Hbond substituents is 1. The SMILES string of the molecule is CC.CCc1cc(O)ccc1C(=O)CCC1(C2=CC=CCC=C2)NC(=O)NC1=O. The van der Waals surface area contributed by atoms with Crippen LogP contribution in [0.2, 0.25) is 0 Å². The van der Waals surface area contributed by atoms with E-state index >= 15 is 0 Å². The third-order valence-corrected chi connectivity index (χ3v) is 4.91. The number of nitrogens with one attached hydrogen (secondary N) is 2. The highest BCUT2D eigenvalue weighted by Crippen LogP contribution is 2.30. The van der Waals surface area contributed by atoms with E-state index in [9.17, 15) is 19.5 Å². The van der Waals surface area contributed by atoms with Crippen LogP contribution in [0.3, 0.4) is 0 Å². The largest absolute Gasteiger partial charge is 0.508 e. The number of ketones is 1. The summed E-state index contributed by atoms with van der Waals surface area (Å²) in [5, 5.41) is 14.6. The van der Waals surface area contributed by atoms with Crippen LogP contribution < -0.4 is 10.6 Å². The molecule has 0 saturated carbocycles.